The summed E-state index contributed by atoms with van der Waals surface area (Å²) in [5, 5.41) is 39.5. The molecule has 9 heteroatoms. The van der Waals surface area contributed by atoms with Gasteiger partial charge in [-0.05, 0) is 6.92 Å². The van der Waals surface area contributed by atoms with Crippen LogP contribution in [0.5, 0.6) is 0 Å². The summed E-state index contributed by atoms with van der Waals surface area (Å²) in [7, 11) is 0. The minimum atomic E-state index is -1.68. The fourth-order valence-corrected chi connectivity index (χ4v) is 2.85. The first-order chi connectivity index (χ1) is 11.0. The number of aliphatic hydroxyl groups is 3. The zero-order valence-electron chi connectivity index (χ0n) is 12.2. The van der Waals surface area contributed by atoms with Gasteiger partial charge in [-0.1, -0.05) is 5.92 Å². The van der Waals surface area contributed by atoms with Crippen LogP contribution in [0, 0.1) is 12.3 Å². The van der Waals surface area contributed by atoms with Crippen molar-refractivity contribution >= 4 is 16.9 Å². The third-order valence-electron chi connectivity index (χ3n) is 4.06. The van der Waals surface area contributed by atoms with Crippen molar-refractivity contribution in [3.63, 3.8) is 0 Å². The molecule has 23 heavy (non-hydrogen) atoms. The minimum absolute atomic E-state index is 0.110. The summed E-state index contributed by atoms with van der Waals surface area (Å²) in [6, 6.07) is 0. The number of hydrogen-bond donors (Lipinski definition) is 5. The van der Waals surface area contributed by atoms with E-state index in [1.165, 1.54) is 24.0 Å². The number of hydrogen-bond acceptors (Lipinski definition) is 8. The van der Waals surface area contributed by atoms with E-state index in [9.17, 15) is 20.5 Å². The van der Waals surface area contributed by atoms with Crippen LogP contribution in [0.25, 0.3) is 11.0 Å². The van der Waals surface area contributed by atoms with Crippen molar-refractivity contribution in [2.45, 2.75) is 31.0 Å². The second kappa shape index (κ2) is 5.45. The molecule has 0 saturated carbocycles. The van der Waals surface area contributed by atoms with Crippen LogP contribution in [0.2, 0.25) is 0 Å². The molecule has 0 aromatic carbocycles. The Morgan fingerprint density at radius 3 is 2.83 bits per heavy atom. The second-order valence-corrected chi connectivity index (χ2v) is 5.51. The van der Waals surface area contributed by atoms with Gasteiger partial charge in [-0.15, -0.1) is 6.42 Å². The summed E-state index contributed by atoms with van der Waals surface area (Å²) in [6.07, 6.45) is 4.93. The van der Waals surface area contributed by atoms with Crippen molar-refractivity contribution in [2.24, 2.45) is 0 Å². The zero-order valence-corrected chi connectivity index (χ0v) is 12.2. The topological polar surface area (TPSA) is 133 Å². The van der Waals surface area contributed by atoms with Gasteiger partial charge in [0.05, 0.1) is 17.6 Å². The number of aliphatic hydroxyl groups excluding tert-OH is 2. The highest BCUT2D eigenvalue weighted by atomic mass is 16.6. The molecule has 0 amide bonds. The van der Waals surface area contributed by atoms with Crippen LogP contribution in [0.1, 0.15) is 18.7 Å². The predicted molar refractivity (Wildman–Crippen MR) is 78.5 cm³/mol. The summed E-state index contributed by atoms with van der Waals surface area (Å²) in [4.78, 5) is 8.00. The van der Waals surface area contributed by atoms with Crippen LogP contribution < -0.4 is 5.48 Å². The molecule has 4 atom stereocenters. The lowest BCUT2D eigenvalue weighted by Crippen LogP contribution is -2.44. The lowest BCUT2D eigenvalue weighted by atomic mass is 9.96. The van der Waals surface area contributed by atoms with Gasteiger partial charge in [0.2, 0.25) is 0 Å². The van der Waals surface area contributed by atoms with E-state index in [-0.39, 0.29) is 5.82 Å². The third kappa shape index (κ3) is 2.16. The molecule has 2 unspecified atom stereocenters. The van der Waals surface area contributed by atoms with Crippen LogP contribution >= 0.6 is 0 Å². The lowest BCUT2D eigenvalue weighted by molar-refractivity contribution is -0.0948. The van der Waals surface area contributed by atoms with Crippen molar-refractivity contribution in [2.75, 3.05) is 12.1 Å². The van der Waals surface area contributed by atoms with E-state index >= 15 is 0 Å². The fraction of sp³-hybridized carbons (Fsp3) is 0.429. The van der Waals surface area contributed by atoms with Crippen molar-refractivity contribution in [1.29, 1.82) is 0 Å². The van der Waals surface area contributed by atoms with Crippen LogP contribution in [-0.4, -0.2) is 59.5 Å². The van der Waals surface area contributed by atoms with E-state index in [1.807, 2.05) is 5.48 Å². The number of terminal acetylenes is 1. The molecule has 1 aliphatic rings. The number of rotatable bonds is 3. The van der Waals surface area contributed by atoms with E-state index < -0.39 is 30.6 Å². The molecule has 2 aromatic rings. The summed E-state index contributed by atoms with van der Waals surface area (Å²) in [5.41, 5.74) is 0.947. The second-order valence-electron chi connectivity index (χ2n) is 5.51. The molecule has 5 N–H and O–H groups in total. The molecule has 1 aliphatic heterocycles. The van der Waals surface area contributed by atoms with Gasteiger partial charge in [0.1, 0.15) is 29.8 Å². The fourth-order valence-electron chi connectivity index (χ4n) is 2.85. The molecular weight excluding hydrogens is 304 g/mol. The Balaban J connectivity index is 2.20. The van der Waals surface area contributed by atoms with E-state index in [4.69, 9.17) is 11.2 Å². The molecule has 3 rings (SSSR count). The van der Waals surface area contributed by atoms with Crippen LogP contribution in [0.3, 0.4) is 0 Å². The van der Waals surface area contributed by atoms with E-state index in [0.717, 1.165) is 0 Å². The third-order valence-corrected chi connectivity index (χ3v) is 4.06. The summed E-state index contributed by atoms with van der Waals surface area (Å²) >= 11 is 0. The number of nitrogens with zero attached hydrogens (tertiary/aromatic N) is 3. The molecule has 0 radical (unpaired) electrons. The van der Waals surface area contributed by atoms with Gasteiger partial charge in [0, 0.05) is 6.20 Å². The van der Waals surface area contributed by atoms with Gasteiger partial charge in [0.15, 0.2) is 12.0 Å². The van der Waals surface area contributed by atoms with Gasteiger partial charge < -0.3 is 24.6 Å². The number of nitrogens with one attached hydrogen (secondary N) is 1. The first-order valence-corrected chi connectivity index (χ1v) is 6.84. The van der Waals surface area contributed by atoms with E-state index in [0.29, 0.717) is 16.6 Å². The van der Waals surface area contributed by atoms with Gasteiger partial charge in [-0.3, -0.25) is 10.7 Å². The largest absolute Gasteiger partial charge is 0.394 e. The number of ether oxygens (including phenoxy) is 1. The SMILES string of the molecule is C#Cc1cn(C2OC(CO)[C@@H](O)[C@]2(C)O)c2ncnc(NO)c12. The standard InChI is InChI=1S/C14H16N4O5/c1-3-7-4-18(12-9(7)11(17-22)15-6-16-12)13-14(2,21)10(20)8(5-19)23-13/h1,4,6,8,10,13,19-22H,5H2,2H3,(H,15,16,17)/t8?,10-,13?,14+/m1/s1. The Hall–Kier alpha value is -2.22. The molecule has 3 heterocycles. The Labute approximate surface area is 131 Å². The molecule has 1 saturated heterocycles. The molecule has 0 spiro atoms. The highest BCUT2D eigenvalue weighted by molar-refractivity contribution is 5.92. The number of aromatic nitrogens is 3. The average Bonchev–Trinajstić information content (AvgIpc) is 3.03. The maximum Gasteiger partial charge on any atom is 0.167 e. The molecular formula is C14H16N4O5. The van der Waals surface area contributed by atoms with Crippen molar-refractivity contribution in [3.05, 3.63) is 18.1 Å². The Morgan fingerprint density at radius 1 is 1.52 bits per heavy atom. The maximum atomic E-state index is 10.6. The smallest absolute Gasteiger partial charge is 0.167 e. The minimum Gasteiger partial charge on any atom is -0.394 e. The maximum absolute atomic E-state index is 10.6. The Morgan fingerprint density at radius 2 is 2.26 bits per heavy atom. The molecule has 2 aromatic heterocycles. The quantitative estimate of drug-likeness (QED) is 0.367. The van der Waals surface area contributed by atoms with Crippen LogP contribution in [0.4, 0.5) is 5.82 Å². The van der Waals surface area contributed by atoms with Crippen LogP contribution in [-0.2, 0) is 4.74 Å². The lowest BCUT2D eigenvalue weighted by Gasteiger charge is -2.27. The zero-order chi connectivity index (χ0) is 16.8. The molecule has 1 fully saturated rings. The van der Waals surface area contributed by atoms with E-state index in [1.54, 1.807) is 0 Å². The molecule has 9 nitrogen and oxygen atoms in total. The van der Waals surface area contributed by atoms with Gasteiger partial charge >= 0.3 is 0 Å². The van der Waals surface area contributed by atoms with E-state index in [2.05, 4.69) is 15.9 Å². The summed E-state index contributed by atoms with van der Waals surface area (Å²) < 4.78 is 7.02. The summed E-state index contributed by atoms with van der Waals surface area (Å²) in [5.74, 6) is 2.56. The first kappa shape index (κ1) is 15.7. The van der Waals surface area contributed by atoms with Gasteiger partial charge in [-0.2, -0.15) is 0 Å². The van der Waals surface area contributed by atoms with Gasteiger partial charge in [-0.25, -0.2) is 9.97 Å². The van der Waals surface area contributed by atoms with Gasteiger partial charge in [0.25, 0.3) is 0 Å². The molecule has 0 bridgehead atoms. The molecule has 122 valence electrons. The van der Waals surface area contributed by atoms with Crippen molar-refractivity contribution < 1.29 is 25.3 Å². The Kier molecular flexibility index (Phi) is 3.71. The monoisotopic (exact) mass is 320 g/mol. The van der Waals surface area contributed by atoms with Crippen molar-refractivity contribution in [3.8, 4) is 12.3 Å². The highest BCUT2D eigenvalue weighted by Gasteiger charge is 2.53. The Bertz CT molecular complexity index is 781. The highest BCUT2D eigenvalue weighted by Crippen LogP contribution is 2.40. The number of anilines is 1. The summed E-state index contributed by atoms with van der Waals surface area (Å²) in [6.45, 7) is 0.944. The predicted octanol–water partition coefficient (Wildman–Crippen LogP) is -0.785. The average molecular weight is 320 g/mol. The van der Waals surface area contributed by atoms with Crippen molar-refractivity contribution in [1.82, 2.24) is 14.5 Å². The van der Waals surface area contributed by atoms with Crippen LogP contribution in [0.15, 0.2) is 12.5 Å². The number of fused-ring (bicyclic) bond motifs is 1. The normalized spacial score (nSPS) is 30.5. The first-order valence-electron chi connectivity index (χ1n) is 6.84. The molecule has 0 aliphatic carbocycles.